The number of hydrogen-bond donors (Lipinski definition) is 1. The molecule has 3 rings (SSSR count). The lowest BCUT2D eigenvalue weighted by molar-refractivity contribution is 0.150. The van der Waals surface area contributed by atoms with Gasteiger partial charge < -0.3 is 5.11 Å². The van der Waals surface area contributed by atoms with Gasteiger partial charge in [0, 0.05) is 10.6 Å². The van der Waals surface area contributed by atoms with Crippen molar-refractivity contribution in [2.75, 3.05) is 0 Å². The first kappa shape index (κ1) is 14.7. The van der Waals surface area contributed by atoms with E-state index < -0.39 is 11.9 Å². The summed E-state index contributed by atoms with van der Waals surface area (Å²) in [6, 6.07) is 10.7. The lowest BCUT2D eigenvalue weighted by Crippen LogP contribution is -2.24. The molecule has 112 valence electrons. The van der Waals surface area contributed by atoms with Crippen LogP contribution in [0.25, 0.3) is 10.9 Å². The van der Waals surface area contributed by atoms with Crippen LogP contribution in [0.5, 0.6) is 0 Å². The minimum atomic E-state index is -1.14. The van der Waals surface area contributed by atoms with Gasteiger partial charge in [-0.05, 0) is 24.3 Å². The maximum absolute atomic E-state index is 13.7. The molecule has 3 aromatic rings. The van der Waals surface area contributed by atoms with Crippen molar-refractivity contribution in [3.63, 3.8) is 0 Å². The van der Waals surface area contributed by atoms with Crippen molar-refractivity contribution in [3.8, 4) is 0 Å². The number of aliphatic hydroxyl groups is 1. The summed E-state index contributed by atoms with van der Waals surface area (Å²) in [6.07, 6.45) is 0.195. The molecular formula is C16H12ClFN2O2. The molecule has 2 aromatic carbocycles. The average Bonchev–Trinajstić information content (AvgIpc) is 2.51. The van der Waals surface area contributed by atoms with Crippen LogP contribution >= 0.6 is 11.6 Å². The summed E-state index contributed by atoms with van der Waals surface area (Å²) < 4.78 is 14.9. The summed E-state index contributed by atoms with van der Waals surface area (Å²) in [5.41, 5.74) is 0.328. The van der Waals surface area contributed by atoms with E-state index in [-0.39, 0.29) is 17.7 Å². The van der Waals surface area contributed by atoms with E-state index in [4.69, 9.17) is 11.6 Å². The average molecular weight is 319 g/mol. The van der Waals surface area contributed by atoms with Crippen molar-refractivity contribution in [1.29, 1.82) is 0 Å². The summed E-state index contributed by atoms with van der Waals surface area (Å²) in [6.45, 7) is -0.0881. The van der Waals surface area contributed by atoms with Gasteiger partial charge in [0.05, 0.1) is 29.9 Å². The fraction of sp³-hybridized carbons (Fsp3) is 0.125. The van der Waals surface area contributed by atoms with Crippen molar-refractivity contribution in [3.05, 3.63) is 75.5 Å². The standard InChI is InChI=1S/C16H12ClFN2O2/c17-10-5-6-14-12(7-10)16(22)20(9-19-14)8-15(21)11-3-1-2-4-13(11)18/h1-7,9,15,21H,8H2/t15-/m1/s1. The number of fused-ring (bicyclic) bond motifs is 1. The number of benzene rings is 2. The van der Waals surface area contributed by atoms with Crippen LogP contribution in [0.4, 0.5) is 4.39 Å². The highest BCUT2D eigenvalue weighted by molar-refractivity contribution is 6.31. The van der Waals surface area contributed by atoms with Gasteiger partial charge in [0.15, 0.2) is 0 Å². The number of aliphatic hydroxyl groups excluding tert-OH is 1. The third-order valence-corrected chi connectivity index (χ3v) is 3.66. The van der Waals surface area contributed by atoms with E-state index >= 15 is 0 Å². The predicted octanol–water partition coefficient (Wildman–Crippen LogP) is 2.92. The molecule has 0 amide bonds. The van der Waals surface area contributed by atoms with Gasteiger partial charge in [-0.1, -0.05) is 29.8 Å². The fourth-order valence-electron chi connectivity index (χ4n) is 2.29. The lowest BCUT2D eigenvalue weighted by Gasteiger charge is -2.14. The normalized spacial score (nSPS) is 12.5. The molecule has 1 aromatic heterocycles. The first-order chi connectivity index (χ1) is 10.6. The number of nitrogens with zero attached hydrogens (tertiary/aromatic N) is 2. The highest BCUT2D eigenvalue weighted by atomic mass is 35.5. The van der Waals surface area contributed by atoms with Gasteiger partial charge in [-0.3, -0.25) is 9.36 Å². The zero-order valence-corrected chi connectivity index (χ0v) is 12.2. The number of rotatable bonds is 3. The van der Waals surface area contributed by atoms with E-state index in [0.29, 0.717) is 15.9 Å². The Morgan fingerprint density at radius 1 is 1.27 bits per heavy atom. The van der Waals surface area contributed by atoms with Gasteiger partial charge in [-0.25, -0.2) is 9.37 Å². The zero-order chi connectivity index (χ0) is 15.7. The van der Waals surface area contributed by atoms with Crippen LogP contribution in [0.3, 0.4) is 0 Å². The molecule has 0 aliphatic rings. The van der Waals surface area contributed by atoms with E-state index in [1.807, 2.05) is 0 Å². The molecule has 4 nitrogen and oxygen atoms in total. The van der Waals surface area contributed by atoms with Gasteiger partial charge in [-0.15, -0.1) is 0 Å². The Kier molecular flexibility index (Phi) is 3.92. The molecule has 0 aliphatic heterocycles. The molecule has 0 unspecified atom stereocenters. The van der Waals surface area contributed by atoms with E-state index in [0.717, 1.165) is 0 Å². The molecule has 1 atom stereocenters. The minimum Gasteiger partial charge on any atom is -0.386 e. The topological polar surface area (TPSA) is 55.1 Å². The van der Waals surface area contributed by atoms with Gasteiger partial charge in [0.25, 0.3) is 5.56 Å². The van der Waals surface area contributed by atoms with Crippen molar-refractivity contribution in [2.45, 2.75) is 12.6 Å². The molecular weight excluding hydrogens is 307 g/mol. The number of hydrogen-bond acceptors (Lipinski definition) is 3. The van der Waals surface area contributed by atoms with E-state index in [2.05, 4.69) is 4.98 Å². The Morgan fingerprint density at radius 2 is 2.05 bits per heavy atom. The quantitative estimate of drug-likeness (QED) is 0.808. The predicted molar refractivity (Wildman–Crippen MR) is 82.4 cm³/mol. The number of aromatic nitrogens is 2. The van der Waals surface area contributed by atoms with Crippen LogP contribution in [-0.4, -0.2) is 14.7 Å². The SMILES string of the molecule is O=c1c2cc(Cl)ccc2ncn1C[C@@H](O)c1ccccc1F. The highest BCUT2D eigenvalue weighted by Crippen LogP contribution is 2.19. The fourth-order valence-corrected chi connectivity index (χ4v) is 2.46. The molecule has 1 heterocycles. The summed E-state index contributed by atoms with van der Waals surface area (Å²) >= 11 is 5.89. The van der Waals surface area contributed by atoms with Crippen molar-refractivity contribution >= 4 is 22.5 Å². The molecule has 22 heavy (non-hydrogen) atoms. The van der Waals surface area contributed by atoms with Crippen LogP contribution in [0.15, 0.2) is 53.6 Å². The summed E-state index contributed by atoms with van der Waals surface area (Å²) in [7, 11) is 0. The molecule has 0 spiro atoms. The summed E-state index contributed by atoms with van der Waals surface area (Å²) in [5.74, 6) is -0.514. The molecule has 0 bridgehead atoms. The Balaban J connectivity index is 1.99. The first-order valence-corrected chi connectivity index (χ1v) is 7.01. The summed E-state index contributed by atoms with van der Waals surface area (Å²) in [4.78, 5) is 16.5. The molecule has 6 heteroatoms. The van der Waals surface area contributed by atoms with Gasteiger partial charge in [0.1, 0.15) is 5.82 Å². The molecule has 0 saturated carbocycles. The van der Waals surface area contributed by atoms with Crippen LogP contribution < -0.4 is 5.56 Å². The first-order valence-electron chi connectivity index (χ1n) is 6.63. The van der Waals surface area contributed by atoms with Crippen LogP contribution in [0.2, 0.25) is 5.02 Å². The van der Waals surface area contributed by atoms with Crippen molar-refractivity contribution < 1.29 is 9.50 Å². The maximum Gasteiger partial charge on any atom is 0.261 e. The summed E-state index contributed by atoms with van der Waals surface area (Å²) in [5, 5.41) is 10.9. The third-order valence-electron chi connectivity index (χ3n) is 3.42. The Bertz CT molecular complexity index is 895. The van der Waals surface area contributed by atoms with E-state index in [1.165, 1.54) is 35.2 Å². The second-order valence-corrected chi connectivity index (χ2v) is 5.34. The molecule has 0 aliphatic carbocycles. The maximum atomic E-state index is 13.7. The molecule has 0 saturated heterocycles. The Hall–Kier alpha value is -2.24. The smallest absolute Gasteiger partial charge is 0.261 e. The largest absolute Gasteiger partial charge is 0.386 e. The van der Waals surface area contributed by atoms with E-state index in [1.54, 1.807) is 18.2 Å². The van der Waals surface area contributed by atoms with Crippen molar-refractivity contribution in [2.24, 2.45) is 0 Å². The van der Waals surface area contributed by atoms with Gasteiger partial charge in [-0.2, -0.15) is 0 Å². The lowest BCUT2D eigenvalue weighted by atomic mass is 10.1. The molecule has 1 N–H and O–H groups in total. The monoisotopic (exact) mass is 318 g/mol. The van der Waals surface area contributed by atoms with Crippen LogP contribution in [0.1, 0.15) is 11.7 Å². The van der Waals surface area contributed by atoms with Crippen LogP contribution in [-0.2, 0) is 6.54 Å². The zero-order valence-electron chi connectivity index (χ0n) is 11.4. The van der Waals surface area contributed by atoms with Crippen molar-refractivity contribution in [1.82, 2.24) is 9.55 Å². The minimum absolute atomic E-state index is 0.0881. The second kappa shape index (κ2) is 5.87. The van der Waals surface area contributed by atoms with E-state index in [9.17, 15) is 14.3 Å². The Labute approximate surface area is 130 Å². The van der Waals surface area contributed by atoms with Gasteiger partial charge in [0.2, 0.25) is 0 Å². The number of halogens is 2. The second-order valence-electron chi connectivity index (χ2n) is 4.90. The molecule has 0 radical (unpaired) electrons. The van der Waals surface area contributed by atoms with Gasteiger partial charge >= 0.3 is 0 Å². The van der Waals surface area contributed by atoms with Crippen LogP contribution in [0, 0.1) is 5.82 Å². The third kappa shape index (κ3) is 2.73. The highest BCUT2D eigenvalue weighted by Gasteiger charge is 2.14. The molecule has 0 fully saturated rings. The Morgan fingerprint density at radius 3 is 2.82 bits per heavy atom.